The number of benzene rings is 1. The Hall–Kier alpha value is -1.12. The van der Waals surface area contributed by atoms with Crippen LogP contribution in [0.4, 0.5) is 0 Å². The molecule has 1 N–H and O–H groups in total. The number of carbonyl (C=O) groups excluding carboxylic acids is 1. The van der Waals surface area contributed by atoms with Crippen LogP contribution in [0.2, 0.25) is 0 Å². The molecule has 1 aromatic carbocycles. The topological polar surface area (TPSA) is 63.6 Å². The van der Waals surface area contributed by atoms with Crippen molar-refractivity contribution in [3.8, 4) is 0 Å². The van der Waals surface area contributed by atoms with Gasteiger partial charge in [-0.25, -0.2) is 0 Å². The minimum atomic E-state index is -3.44. The average Bonchev–Trinajstić information content (AvgIpc) is 2.38. The first-order valence-electron chi connectivity index (χ1n) is 6.09. The summed E-state index contributed by atoms with van der Waals surface area (Å²) >= 11 is 0. The van der Waals surface area contributed by atoms with E-state index in [1.165, 1.54) is 0 Å². The van der Waals surface area contributed by atoms with Gasteiger partial charge in [-0.3, -0.25) is 9.36 Å². The zero-order valence-electron chi connectivity index (χ0n) is 10.5. The molecule has 0 saturated carbocycles. The quantitative estimate of drug-likeness (QED) is 0.469. The van der Waals surface area contributed by atoms with Gasteiger partial charge in [0.15, 0.2) is 0 Å². The van der Waals surface area contributed by atoms with E-state index in [1.807, 2.05) is 6.92 Å². The lowest BCUT2D eigenvalue weighted by Crippen LogP contribution is -2.12. The molecule has 1 unspecified atom stereocenters. The summed E-state index contributed by atoms with van der Waals surface area (Å²) in [6, 6.07) is 8.39. The Kier molecular flexibility index (Phi) is 6.10. The summed E-state index contributed by atoms with van der Waals surface area (Å²) in [5.74, 6) is -0.409. The van der Waals surface area contributed by atoms with Crippen LogP contribution in [0, 0.1) is 0 Å². The van der Waals surface area contributed by atoms with Crippen LogP contribution >= 0.6 is 7.37 Å². The highest BCUT2D eigenvalue weighted by molar-refractivity contribution is 7.66. The molecule has 1 rings (SSSR count). The van der Waals surface area contributed by atoms with E-state index in [-0.39, 0.29) is 12.6 Å². The molecule has 4 nitrogen and oxygen atoms in total. The van der Waals surface area contributed by atoms with E-state index in [1.54, 1.807) is 30.3 Å². The molecule has 0 amide bonds. The van der Waals surface area contributed by atoms with Gasteiger partial charge >= 0.3 is 5.97 Å². The minimum absolute atomic E-state index is 0.0214. The second kappa shape index (κ2) is 7.34. The first-order valence-corrected chi connectivity index (χ1v) is 7.94. The van der Waals surface area contributed by atoms with E-state index in [0.29, 0.717) is 11.9 Å². The average molecular weight is 270 g/mol. The zero-order valence-corrected chi connectivity index (χ0v) is 11.4. The van der Waals surface area contributed by atoms with E-state index in [2.05, 4.69) is 0 Å². The van der Waals surface area contributed by atoms with Crippen molar-refractivity contribution in [1.82, 2.24) is 0 Å². The maximum Gasteiger partial charge on any atom is 0.306 e. The van der Waals surface area contributed by atoms with Crippen molar-refractivity contribution in [2.75, 3.05) is 12.8 Å². The molecule has 0 bridgehead atoms. The first-order chi connectivity index (χ1) is 8.56. The van der Waals surface area contributed by atoms with Gasteiger partial charge in [-0.15, -0.1) is 0 Å². The summed E-state index contributed by atoms with van der Waals surface area (Å²) in [6.45, 7) is 2.39. The predicted molar refractivity (Wildman–Crippen MR) is 71.3 cm³/mol. The van der Waals surface area contributed by atoms with E-state index in [0.717, 1.165) is 12.8 Å². The number of carbonyl (C=O) groups is 1. The lowest BCUT2D eigenvalue weighted by Gasteiger charge is -2.11. The lowest BCUT2D eigenvalue weighted by molar-refractivity contribution is -0.143. The molecule has 0 saturated heterocycles. The van der Waals surface area contributed by atoms with E-state index in [4.69, 9.17) is 4.74 Å². The molecule has 1 aromatic rings. The van der Waals surface area contributed by atoms with Gasteiger partial charge in [-0.1, -0.05) is 31.5 Å². The molecule has 100 valence electrons. The summed E-state index contributed by atoms with van der Waals surface area (Å²) in [6.07, 6.45) is 1.69. The number of ether oxygens (including phenoxy) is 1. The number of hydrogen-bond acceptors (Lipinski definition) is 3. The predicted octanol–water partition coefficient (Wildman–Crippen LogP) is 2.32. The second-order valence-corrected chi connectivity index (χ2v) is 6.45. The molecular formula is C13H19O4P. The number of hydrogen-bond donors (Lipinski definition) is 1. The van der Waals surface area contributed by atoms with Crippen LogP contribution < -0.4 is 5.30 Å². The van der Waals surface area contributed by atoms with Crippen LogP contribution in [0.3, 0.4) is 0 Å². The van der Waals surface area contributed by atoms with E-state index >= 15 is 0 Å². The Morgan fingerprint density at radius 3 is 2.61 bits per heavy atom. The number of unbranched alkanes of at least 4 members (excludes halogenated alkanes) is 1. The Balaban J connectivity index is 2.43. The van der Waals surface area contributed by atoms with Gasteiger partial charge in [0, 0.05) is 11.5 Å². The molecule has 0 aliphatic heterocycles. The summed E-state index contributed by atoms with van der Waals surface area (Å²) in [5.41, 5.74) is 0. The van der Waals surface area contributed by atoms with E-state index < -0.39 is 13.3 Å². The molecule has 0 aromatic heterocycles. The largest absolute Gasteiger partial charge is 0.466 e. The molecular weight excluding hydrogens is 251 g/mol. The van der Waals surface area contributed by atoms with Gasteiger partial charge in [0.25, 0.3) is 0 Å². The molecule has 0 spiro atoms. The Labute approximate surface area is 107 Å². The van der Waals surface area contributed by atoms with Crippen LogP contribution in [-0.4, -0.2) is 23.6 Å². The van der Waals surface area contributed by atoms with Crippen molar-refractivity contribution in [2.24, 2.45) is 0 Å². The fourth-order valence-corrected chi connectivity index (χ4v) is 2.82. The Morgan fingerprint density at radius 1 is 1.33 bits per heavy atom. The zero-order chi connectivity index (χ0) is 13.4. The van der Waals surface area contributed by atoms with Gasteiger partial charge in [0.1, 0.15) is 0 Å². The lowest BCUT2D eigenvalue weighted by atomic mass is 10.4. The molecule has 0 fully saturated rings. The van der Waals surface area contributed by atoms with Crippen LogP contribution in [0.1, 0.15) is 26.2 Å². The summed E-state index contributed by atoms with van der Waals surface area (Å²) < 4.78 is 16.9. The number of rotatable bonds is 7. The van der Waals surface area contributed by atoms with Crippen LogP contribution in [0.15, 0.2) is 30.3 Å². The van der Waals surface area contributed by atoms with Crippen LogP contribution in [-0.2, 0) is 14.1 Å². The summed E-state index contributed by atoms with van der Waals surface area (Å²) in [5, 5.41) is 0.381. The highest BCUT2D eigenvalue weighted by Crippen LogP contribution is 2.39. The van der Waals surface area contributed by atoms with Crippen molar-refractivity contribution in [2.45, 2.75) is 26.2 Å². The third-order valence-corrected chi connectivity index (χ3v) is 4.47. The third kappa shape index (κ3) is 5.03. The van der Waals surface area contributed by atoms with Crippen molar-refractivity contribution >= 4 is 18.6 Å². The SMILES string of the molecule is CCCCOC(=O)CCP(=O)(O)c1ccccc1. The summed E-state index contributed by atoms with van der Waals surface area (Å²) in [7, 11) is -3.44. The molecule has 0 aliphatic carbocycles. The molecule has 0 radical (unpaired) electrons. The standard InChI is InChI=1S/C13H19O4P/c1-2-3-10-17-13(14)9-11-18(15,16)12-7-5-4-6-8-12/h4-8H,2-3,9-11H2,1H3,(H,15,16). The van der Waals surface area contributed by atoms with Crippen molar-refractivity contribution in [3.63, 3.8) is 0 Å². The van der Waals surface area contributed by atoms with Crippen LogP contribution in [0.25, 0.3) is 0 Å². The fraction of sp³-hybridized carbons (Fsp3) is 0.462. The Bertz CT molecular complexity index is 416. The maximum atomic E-state index is 12.0. The van der Waals surface area contributed by atoms with Gasteiger partial charge in [-0.2, -0.15) is 0 Å². The highest BCUT2D eigenvalue weighted by Gasteiger charge is 2.22. The van der Waals surface area contributed by atoms with Crippen molar-refractivity contribution in [3.05, 3.63) is 30.3 Å². The third-order valence-electron chi connectivity index (χ3n) is 2.54. The molecule has 0 heterocycles. The second-order valence-electron chi connectivity index (χ2n) is 4.08. The van der Waals surface area contributed by atoms with Crippen LogP contribution in [0.5, 0.6) is 0 Å². The number of esters is 1. The van der Waals surface area contributed by atoms with Crippen molar-refractivity contribution < 1.29 is 19.0 Å². The van der Waals surface area contributed by atoms with Gasteiger partial charge < -0.3 is 9.63 Å². The normalized spacial score (nSPS) is 13.9. The molecule has 5 heteroatoms. The van der Waals surface area contributed by atoms with Crippen molar-refractivity contribution in [1.29, 1.82) is 0 Å². The monoisotopic (exact) mass is 270 g/mol. The van der Waals surface area contributed by atoms with Gasteiger partial charge in [0.2, 0.25) is 7.37 Å². The summed E-state index contributed by atoms with van der Waals surface area (Å²) in [4.78, 5) is 21.2. The molecule has 18 heavy (non-hydrogen) atoms. The smallest absolute Gasteiger partial charge is 0.306 e. The maximum absolute atomic E-state index is 12.0. The van der Waals surface area contributed by atoms with Gasteiger partial charge in [0.05, 0.1) is 13.0 Å². The fourth-order valence-electron chi connectivity index (χ4n) is 1.44. The van der Waals surface area contributed by atoms with Gasteiger partial charge in [-0.05, 0) is 18.6 Å². The molecule has 1 atom stereocenters. The van der Waals surface area contributed by atoms with E-state index in [9.17, 15) is 14.3 Å². The first kappa shape index (κ1) is 14.9. The minimum Gasteiger partial charge on any atom is -0.466 e. The molecule has 0 aliphatic rings. The Morgan fingerprint density at radius 2 is 2.00 bits per heavy atom. The highest BCUT2D eigenvalue weighted by atomic mass is 31.2.